The molecule has 1 aliphatic rings. The van der Waals surface area contributed by atoms with Crippen LogP contribution in [0.2, 0.25) is 0 Å². The van der Waals surface area contributed by atoms with E-state index < -0.39 is 12.1 Å². The van der Waals surface area contributed by atoms with Gasteiger partial charge in [0.15, 0.2) is 0 Å². The summed E-state index contributed by atoms with van der Waals surface area (Å²) in [6.07, 6.45) is 2.58. The van der Waals surface area contributed by atoms with E-state index in [2.05, 4.69) is 18.2 Å². The Balaban J connectivity index is 1.89. The van der Waals surface area contributed by atoms with E-state index >= 15 is 0 Å². The van der Waals surface area contributed by atoms with Gasteiger partial charge in [0.2, 0.25) is 0 Å². The maximum atomic E-state index is 10.4. The van der Waals surface area contributed by atoms with E-state index in [0.29, 0.717) is 5.75 Å². The second-order valence-electron chi connectivity index (χ2n) is 4.35. The molecule has 92 valence electrons. The van der Waals surface area contributed by atoms with Gasteiger partial charge in [0.25, 0.3) is 0 Å². The fourth-order valence-corrected chi connectivity index (χ4v) is 2.98. The molecule has 0 aliphatic heterocycles. The minimum Gasteiger partial charge on any atom is -0.481 e. The lowest BCUT2D eigenvalue weighted by molar-refractivity contribution is -0.138. The van der Waals surface area contributed by atoms with Crippen molar-refractivity contribution in [1.82, 2.24) is 0 Å². The SMILES string of the molecule is O=C(O)CC(O)CSc1ccc2c(c1)CCC2. The van der Waals surface area contributed by atoms with Gasteiger partial charge in [-0.1, -0.05) is 6.07 Å². The third-order valence-electron chi connectivity index (χ3n) is 2.92. The Labute approximate surface area is 105 Å². The average Bonchev–Trinajstić information content (AvgIpc) is 2.72. The lowest BCUT2D eigenvalue weighted by Gasteiger charge is -2.08. The van der Waals surface area contributed by atoms with E-state index in [1.807, 2.05) is 0 Å². The van der Waals surface area contributed by atoms with Crippen LogP contribution in [-0.4, -0.2) is 28.0 Å². The summed E-state index contributed by atoms with van der Waals surface area (Å²) in [6, 6.07) is 6.37. The summed E-state index contributed by atoms with van der Waals surface area (Å²) in [4.78, 5) is 11.5. The quantitative estimate of drug-likeness (QED) is 0.788. The topological polar surface area (TPSA) is 57.5 Å². The molecule has 1 aliphatic carbocycles. The van der Waals surface area contributed by atoms with Gasteiger partial charge in [0.1, 0.15) is 0 Å². The van der Waals surface area contributed by atoms with Crippen LogP contribution in [0.3, 0.4) is 0 Å². The van der Waals surface area contributed by atoms with E-state index in [-0.39, 0.29) is 6.42 Å². The maximum Gasteiger partial charge on any atom is 0.306 e. The van der Waals surface area contributed by atoms with Gasteiger partial charge in [-0.15, -0.1) is 11.8 Å². The van der Waals surface area contributed by atoms with Crippen LogP contribution in [0.5, 0.6) is 0 Å². The molecule has 0 saturated heterocycles. The number of benzene rings is 1. The number of fused-ring (bicyclic) bond motifs is 1. The molecule has 2 N–H and O–H groups in total. The second kappa shape index (κ2) is 5.56. The summed E-state index contributed by atoms with van der Waals surface area (Å²) in [5, 5.41) is 18.0. The minimum atomic E-state index is -0.952. The summed E-state index contributed by atoms with van der Waals surface area (Å²) in [5.74, 6) is -0.516. The number of thioether (sulfide) groups is 1. The Morgan fingerprint density at radius 1 is 1.35 bits per heavy atom. The zero-order valence-corrected chi connectivity index (χ0v) is 10.4. The van der Waals surface area contributed by atoms with Crippen LogP contribution in [0.1, 0.15) is 24.0 Å². The van der Waals surface area contributed by atoms with Gasteiger partial charge in [0.05, 0.1) is 12.5 Å². The van der Waals surface area contributed by atoms with Crippen molar-refractivity contribution >= 4 is 17.7 Å². The van der Waals surface area contributed by atoms with Crippen molar-refractivity contribution in [2.24, 2.45) is 0 Å². The molecule has 17 heavy (non-hydrogen) atoms. The normalized spacial score (nSPS) is 15.6. The molecular weight excluding hydrogens is 236 g/mol. The fraction of sp³-hybridized carbons (Fsp3) is 0.462. The van der Waals surface area contributed by atoms with Gasteiger partial charge in [-0.3, -0.25) is 4.79 Å². The Kier molecular flexibility index (Phi) is 4.07. The molecule has 0 bridgehead atoms. The van der Waals surface area contributed by atoms with Gasteiger partial charge in [0, 0.05) is 10.6 Å². The Hall–Kier alpha value is -1.00. The van der Waals surface area contributed by atoms with E-state index in [9.17, 15) is 9.90 Å². The Morgan fingerprint density at radius 3 is 2.88 bits per heavy atom. The van der Waals surface area contributed by atoms with Crippen molar-refractivity contribution in [1.29, 1.82) is 0 Å². The second-order valence-corrected chi connectivity index (χ2v) is 5.44. The van der Waals surface area contributed by atoms with Crippen LogP contribution in [-0.2, 0) is 17.6 Å². The zero-order chi connectivity index (χ0) is 12.3. The van der Waals surface area contributed by atoms with Crippen molar-refractivity contribution in [2.75, 3.05) is 5.75 Å². The summed E-state index contributed by atoms with van der Waals surface area (Å²) in [5.41, 5.74) is 2.84. The molecule has 0 fully saturated rings. The zero-order valence-electron chi connectivity index (χ0n) is 9.56. The van der Waals surface area contributed by atoms with Crippen LogP contribution in [0.15, 0.2) is 23.1 Å². The molecule has 1 aromatic rings. The molecule has 2 rings (SSSR count). The van der Waals surface area contributed by atoms with Gasteiger partial charge in [-0.2, -0.15) is 0 Å². The molecule has 0 aromatic heterocycles. The predicted octanol–water partition coefficient (Wildman–Crippen LogP) is 2.10. The number of carboxylic acids is 1. The molecule has 0 radical (unpaired) electrons. The van der Waals surface area contributed by atoms with Crippen LogP contribution in [0, 0.1) is 0 Å². The molecule has 0 saturated carbocycles. The number of aliphatic hydroxyl groups excluding tert-OH is 1. The van der Waals surface area contributed by atoms with Crippen molar-refractivity contribution in [3.63, 3.8) is 0 Å². The van der Waals surface area contributed by atoms with Crippen molar-refractivity contribution in [3.05, 3.63) is 29.3 Å². The van der Waals surface area contributed by atoms with Crippen LogP contribution < -0.4 is 0 Å². The van der Waals surface area contributed by atoms with E-state index in [1.54, 1.807) is 0 Å². The van der Waals surface area contributed by atoms with Crippen LogP contribution in [0.4, 0.5) is 0 Å². The molecule has 0 amide bonds. The molecule has 1 unspecified atom stereocenters. The highest BCUT2D eigenvalue weighted by atomic mass is 32.2. The van der Waals surface area contributed by atoms with Crippen molar-refractivity contribution < 1.29 is 15.0 Å². The number of rotatable bonds is 5. The number of hydrogen-bond acceptors (Lipinski definition) is 3. The molecule has 1 atom stereocenters. The number of aryl methyl sites for hydroxylation is 2. The number of hydrogen-bond donors (Lipinski definition) is 2. The van der Waals surface area contributed by atoms with Crippen LogP contribution in [0.25, 0.3) is 0 Å². The molecule has 3 nitrogen and oxygen atoms in total. The maximum absolute atomic E-state index is 10.4. The smallest absolute Gasteiger partial charge is 0.306 e. The molecule has 4 heteroatoms. The third kappa shape index (κ3) is 3.48. The molecule has 0 heterocycles. The highest BCUT2D eigenvalue weighted by Gasteiger charge is 2.13. The number of carboxylic acid groups (broad SMARTS) is 1. The van der Waals surface area contributed by atoms with E-state index in [0.717, 1.165) is 11.3 Å². The van der Waals surface area contributed by atoms with Crippen molar-refractivity contribution in [2.45, 2.75) is 36.7 Å². The first kappa shape index (κ1) is 12.5. The monoisotopic (exact) mass is 252 g/mol. The number of carbonyl (C=O) groups is 1. The van der Waals surface area contributed by atoms with Gasteiger partial charge in [-0.05, 0) is 42.5 Å². The van der Waals surface area contributed by atoms with Gasteiger partial charge >= 0.3 is 5.97 Å². The average molecular weight is 252 g/mol. The Morgan fingerprint density at radius 2 is 2.12 bits per heavy atom. The highest BCUT2D eigenvalue weighted by molar-refractivity contribution is 7.99. The first-order chi connectivity index (χ1) is 8.15. The highest BCUT2D eigenvalue weighted by Crippen LogP contribution is 2.28. The lowest BCUT2D eigenvalue weighted by atomic mass is 10.1. The first-order valence-electron chi connectivity index (χ1n) is 5.79. The Bertz CT molecular complexity index is 417. The van der Waals surface area contributed by atoms with Gasteiger partial charge in [-0.25, -0.2) is 0 Å². The van der Waals surface area contributed by atoms with Gasteiger partial charge < -0.3 is 10.2 Å². The largest absolute Gasteiger partial charge is 0.481 e. The third-order valence-corrected chi connectivity index (χ3v) is 4.06. The van der Waals surface area contributed by atoms with Crippen LogP contribution >= 0.6 is 11.8 Å². The summed E-state index contributed by atoms with van der Waals surface area (Å²) < 4.78 is 0. The standard InChI is InChI=1S/C13H16O3S/c14-11(7-13(15)16)8-17-12-5-4-9-2-1-3-10(9)6-12/h4-6,11,14H,1-3,7-8H2,(H,15,16). The minimum absolute atomic E-state index is 0.183. The van der Waals surface area contributed by atoms with E-state index in [1.165, 1.54) is 35.7 Å². The lowest BCUT2D eigenvalue weighted by Crippen LogP contribution is -2.15. The van der Waals surface area contributed by atoms with E-state index in [4.69, 9.17) is 5.11 Å². The fourth-order valence-electron chi connectivity index (χ4n) is 2.09. The molecule has 1 aromatic carbocycles. The first-order valence-corrected chi connectivity index (χ1v) is 6.78. The number of aliphatic carboxylic acids is 1. The summed E-state index contributed by atoms with van der Waals surface area (Å²) >= 11 is 1.52. The molecular formula is C13H16O3S. The van der Waals surface area contributed by atoms with Crippen molar-refractivity contribution in [3.8, 4) is 0 Å². The summed E-state index contributed by atoms with van der Waals surface area (Å²) in [7, 11) is 0. The number of aliphatic hydroxyl groups is 1. The molecule has 0 spiro atoms. The summed E-state index contributed by atoms with van der Waals surface area (Å²) in [6.45, 7) is 0. The predicted molar refractivity (Wildman–Crippen MR) is 67.5 cm³/mol.